The lowest BCUT2D eigenvalue weighted by molar-refractivity contribution is 0.0989. The van der Waals surface area contributed by atoms with Crippen LogP contribution in [-0.4, -0.2) is 17.9 Å². The molecule has 0 saturated carbocycles. The number of ketones is 1. The molecule has 4 nitrogen and oxygen atoms in total. The van der Waals surface area contributed by atoms with Crippen LogP contribution in [0.25, 0.3) is 22.1 Å². The van der Waals surface area contributed by atoms with E-state index in [4.69, 9.17) is 20.8 Å². The van der Waals surface area contributed by atoms with E-state index in [1.807, 2.05) is 18.2 Å². The molecule has 0 atom stereocenters. The van der Waals surface area contributed by atoms with E-state index in [0.717, 1.165) is 16.5 Å². The molecule has 0 N–H and O–H groups in total. The van der Waals surface area contributed by atoms with Crippen LogP contribution in [0.15, 0.2) is 40.9 Å². The highest BCUT2D eigenvalue weighted by Gasteiger charge is 2.17. The third-order valence-corrected chi connectivity index (χ3v) is 3.56. The van der Waals surface area contributed by atoms with Crippen molar-refractivity contribution in [1.29, 1.82) is 0 Å². The molecule has 21 heavy (non-hydrogen) atoms. The van der Waals surface area contributed by atoms with Crippen molar-refractivity contribution in [3.63, 3.8) is 0 Å². The quantitative estimate of drug-likeness (QED) is 0.533. The number of halogens is 1. The Morgan fingerprint density at radius 2 is 2.10 bits per heavy atom. The number of fused-ring (bicyclic) bond motifs is 1. The van der Waals surface area contributed by atoms with E-state index in [0.29, 0.717) is 16.5 Å². The van der Waals surface area contributed by atoms with Crippen molar-refractivity contribution in [3.8, 4) is 16.9 Å². The van der Waals surface area contributed by atoms with Crippen LogP contribution in [-0.2, 0) is 0 Å². The number of carbonyl (C=O) groups excluding carboxylic acids is 1. The standard InChI is InChI=1S/C16H12ClNO3/c1-9(19)14-8-12-10(11-4-3-7-18-16(11)17)5-6-13(20-2)15(12)21-14/h3-8H,1-2H3. The molecular formula is C16H12ClNO3. The van der Waals surface area contributed by atoms with Gasteiger partial charge in [-0.2, -0.15) is 0 Å². The van der Waals surface area contributed by atoms with E-state index >= 15 is 0 Å². The maximum Gasteiger partial charge on any atom is 0.194 e. The van der Waals surface area contributed by atoms with Crippen molar-refractivity contribution < 1.29 is 13.9 Å². The van der Waals surface area contributed by atoms with Gasteiger partial charge in [-0.3, -0.25) is 4.79 Å². The highest BCUT2D eigenvalue weighted by atomic mass is 35.5. The average Bonchev–Trinajstić information content (AvgIpc) is 2.92. The smallest absolute Gasteiger partial charge is 0.194 e. The van der Waals surface area contributed by atoms with Crippen molar-refractivity contribution in [2.45, 2.75) is 6.92 Å². The SMILES string of the molecule is COc1ccc(-c2cccnc2Cl)c2cc(C(C)=O)oc12. The number of aromatic nitrogens is 1. The van der Waals surface area contributed by atoms with Gasteiger partial charge in [0.25, 0.3) is 0 Å². The van der Waals surface area contributed by atoms with Gasteiger partial charge in [0, 0.05) is 24.1 Å². The molecule has 0 unspecified atom stereocenters. The van der Waals surface area contributed by atoms with E-state index in [1.54, 1.807) is 25.4 Å². The Morgan fingerprint density at radius 3 is 2.76 bits per heavy atom. The van der Waals surface area contributed by atoms with Crippen LogP contribution in [0.5, 0.6) is 5.75 Å². The zero-order chi connectivity index (χ0) is 15.0. The minimum Gasteiger partial charge on any atom is -0.493 e. The van der Waals surface area contributed by atoms with E-state index < -0.39 is 0 Å². The lowest BCUT2D eigenvalue weighted by Crippen LogP contribution is -1.87. The van der Waals surface area contributed by atoms with Crippen molar-refractivity contribution in [1.82, 2.24) is 4.98 Å². The van der Waals surface area contributed by atoms with Gasteiger partial charge in [-0.1, -0.05) is 11.6 Å². The fourth-order valence-corrected chi connectivity index (χ4v) is 2.48. The molecule has 0 amide bonds. The molecular weight excluding hydrogens is 290 g/mol. The van der Waals surface area contributed by atoms with Crippen molar-refractivity contribution in [2.75, 3.05) is 7.11 Å². The molecule has 2 aromatic heterocycles. The molecule has 0 aliphatic heterocycles. The molecule has 3 rings (SSSR count). The van der Waals surface area contributed by atoms with Crippen LogP contribution in [0.4, 0.5) is 0 Å². The molecule has 5 heteroatoms. The van der Waals surface area contributed by atoms with E-state index in [-0.39, 0.29) is 11.5 Å². The number of hydrogen-bond donors (Lipinski definition) is 0. The molecule has 0 aliphatic carbocycles. The Balaban J connectivity index is 2.34. The summed E-state index contributed by atoms with van der Waals surface area (Å²) in [7, 11) is 1.56. The van der Waals surface area contributed by atoms with Crippen LogP contribution >= 0.6 is 11.6 Å². The molecule has 0 spiro atoms. The van der Waals surface area contributed by atoms with Crippen LogP contribution in [0.2, 0.25) is 5.15 Å². The summed E-state index contributed by atoms with van der Waals surface area (Å²) in [6.07, 6.45) is 1.63. The number of benzene rings is 1. The molecule has 0 radical (unpaired) electrons. The Labute approximate surface area is 126 Å². The average molecular weight is 302 g/mol. The van der Waals surface area contributed by atoms with Gasteiger partial charge in [0.2, 0.25) is 0 Å². The molecule has 0 bridgehead atoms. The number of pyridine rings is 1. The van der Waals surface area contributed by atoms with Gasteiger partial charge in [0.15, 0.2) is 22.9 Å². The van der Waals surface area contributed by atoms with Crippen molar-refractivity contribution >= 4 is 28.4 Å². The van der Waals surface area contributed by atoms with Crippen LogP contribution < -0.4 is 4.74 Å². The van der Waals surface area contributed by atoms with Gasteiger partial charge >= 0.3 is 0 Å². The summed E-state index contributed by atoms with van der Waals surface area (Å²) in [5.74, 6) is 0.716. The first kappa shape index (κ1) is 13.6. The Bertz CT molecular complexity index is 839. The van der Waals surface area contributed by atoms with Gasteiger partial charge in [0.1, 0.15) is 5.15 Å². The van der Waals surface area contributed by atoms with Gasteiger partial charge in [-0.15, -0.1) is 0 Å². The molecule has 2 heterocycles. The fourth-order valence-electron chi connectivity index (χ4n) is 2.25. The maximum absolute atomic E-state index is 11.6. The maximum atomic E-state index is 11.6. The molecule has 1 aromatic carbocycles. The number of furan rings is 1. The van der Waals surface area contributed by atoms with Crippen molar-refractivity contribution in [2.24, 2.45) is 0 Å². The van der Waals surface area contributed by atoms with E-state index in [1.165, 1.54) is 6.92 Å². The third-order valence-electron chi connectivity index (χ3n) is 3.26. The second-order valence-corrected chi connectivity index (χ2v) is 4.92. The second kappa shape index (κ2) is 5.22. The molecule has 0 aliphatic rings. The number of ether oxygens (including phenoxy) is 1. The molecule has 0 saturated heterocycles. The summed E-state index contributed by atoms with van der Waals surface area (Å²) in [5, 5.41) is 1.17. The first-order valence-corrected chi connectivity index (χ1v) is 6.72. The van der Waals surface area contributed by atoms with Gasteiger partial charge < -0.3 is 9.15 Å². The van der Waals surface area contributed by atoms with Crippen LogP contribution in [0.1, 0.15) is 17.5 Å². The summed E-state index contributed by atoms with van der Waals surface area (Å²) in [6, 6.07) is 9.05. The first-order chi connectivity index (χ1) is 10.1. The van der Waals surface area contributed by atoms with E-state index in [2.05, 4.69) is 4.98 Å². The number of rotatable bonds is 3. The number of Topliss-reactive ketones (excluding diaryl/α,β-unsaturated/α-hetero) is 1. The predicted molar refractivity (Wildman–Crippen MR) is 81.0 cm³/mol. The van der Waals surface area contributed by atoms with E-state index in [9.17, 15) is 4.79 Å². The largest absolute Gasteiger partial charge is 0.493 e. The second-order valence-electron chi connectivity index (χ2n) is 4.57. The molecule has 3 aromatic rings. The third kappa shape index (κ3) is 2.28. The van der Waals surface area contributed by atoms with Crippen molar-refractivity contribution in [3.05, 3.63) is 47.4 Å². The Kier molecular flexibility index (Phi) is 3.39. The summed E-state index contributed by atoms with van der Waals surface area (Å²) >= 11 is 6.16. The normalized spacial score (nSPS) is 10.8. The number of methoxy groups -OCH3 is 1. The summed E-state index contributed by atoms with van der Waals surface area (Å²) in [5.41, 5.74) is 2.16. The highest BCUT2D eigenvalue weighted by Crippen LogP contribution is 2.38. The lowest BCUT2D eigenvalue weighted by Gasteiger charge is -2.07. The van der Waals surface area contributed by atoms with Crippen LogP contribution in [0, 0.1) is 0 Å². The number of carbonyl (C=O) groups is 1. The van der Waals surface area contributed by atoms with Gasteiger partial charge in [0.05, 0.1) is 7.11 Å². The first-order valence-electron chi connectivity index (χ1n) is 6.34. The highest BCUT2D eigenvalue weighted by molar-refractivity contribution is 6.32. The summed E-state index contributed by atoms with van der Waals surface area (Å²) in [6.45, 7) is 1.46. The number of nitrogens with zero attached hydrogens (tertiary/aromatic N) is 1. The minimum absolute atomic E-state index is 0.142. The van der Waals surface area contributed by atoms with Crippen LogP contribution in [0.3, 0.4) is 0 Å². The molecule has 0 fully saturated rings. The molecule has 106 valence electrons. The number of hydrogen-bond acceptors (Lipinski definition) is 4. The Morgan fingerprint density at radius 1 is 1.29 bits per heavy atom. The summed E-state index contributed by atoms with van der Waals surface area (Å²) < 4.78 is 10.9. The topological polar surface area (TPSA) is 52.3 Å². The predicted octanol–water partition coefficient (Wildman–Crippen LogP) is 4.36. The Hall–Kier alpha value is -2.33. The fraction of sp³-hybridized carbons (Fsp3) is 0.125. The van der Waals surface area contributed by atoms with Gasteiger partial charge in [-0.25, -0.2) is 4.98 Å². The monoisotopic (exact) mass is 301 g/mol. The minimum atomic E-state index is -0.142. The summed E-state index contributed by atoms with van der Waals surface area (Å²) in [4.78, 5) is 15.6. The zero-order valence-electron chi connectivity index (χ0n) is 11.5. The lowest BCUT2D eigenvalue weighted by atomic mass is 10.0. The van der Waals surface area contributed by atoms with Gasteiger partial charge in [-0.05, 0) is 35.9 Å². The zero-order valence-corrected chi connectivity index (χ0v) is 12.3.